The molecule has 1 N–H and O–H groups in total. The van der Waals surface area contributed by atoms with Gasteiger partial charge in [-0.15, -0.1) is 0 Å². The first kappa shape index (κ1) is 22.2. The molecule has 164 valence electrons. The van der Waals surface area contributed by atoms with E-state index in [1.807, 2.05) is 24.9 Å². The summed E-state index contributed by atoms with van der Waals surface area (Å²) in [5, 5.41) is 8.37. The van der Waals surface area contributed by atoms with Crippen LogP contribution in [0.2, 0.25) is 0 Å². The number of rotatable bonds is 6. The fraction of sp³-hybridized carbons (Fsp3) is 0.652. The molecule has 1 saturated heterocycles. The predicted molar refractivity (Wildman–Crippen MR) is 118 cm³/mol. The molecule has 2 amide bonds. The molecule has 0 unspecified atom stereocenters. The lowest BCUT2D eigenvalue weighted by Crippen LogP contribution is -2.43. The summed E-state index contributed by atoms with van der Waals surface area (Å²) in [4.78, 5) is 32.5. The van der Waals surface area contributed by atoms with E-state index in [4.69, 9.17) is 4.98 Å². The maximum Gasteiger partial charge on any atom is 0.254 e. The number of fused-ring (bicyclic) bond motifs is 1. The van der Waals surface area contributed by atoms with Crippen molar-refractivity contribution in [2.24, 2.45) is 18.9 Å². The van der Waals surface area contributed by atoms with Crippen molar-refractivity contribution in [3.63, 3.8) is 0 Å². The van der Waals surface area contributed by atoms with E-state index in [2.05, 4.69) is 38.1 Å². The van der Waals surface area contributed by atoms with Crippen molar-refractivity contribution in [3.8, 4) is 0 Å². The van der Waals surface area contributed by atoms with Crippen molar-refractivity contribution in [1.29, 1.82) is 0 Å². The van der Waals surface area contributed by atoms with Crippen LogP contribution in [-0.2, 0) is 11.8 Å². The van der Waals surface area contributed by atoms with Gasteiger partial charge in [0.05, 0.1) is 16.6 Å². The zero-order valence-corrected chi connectivity index (χ0v) is 19.2. The molecular weight excluding hydrogens is 378 g/mol. The van der Waals surface area contributed by atoms with Gasteiger partial charge in [0, 0.05) is 38.3 Å². The Hall–Kier alpha value is -2.44. The second-order valence-corrected chi connectivity index (χ2v) is 9.20. The SMILES string of the molecule is Cc1nn(C)c2nc(C(C)C)cc(C(=O)N3CCC(C(=O)NCCC(C)C)CC3)c12. The van der Waals surface area contributed by atoms with E-state index in [1.54, 1.807) is 4.68 Å². The molecule has 0 saturated carbocycles. The molecule has 0 bridgehead atoms. The maximum atomic E-state index is 13.4. The third-order valence-electron chi connectivity index (χ3n) is 5.98. The first-order valence-electron chi connectivity index (χ1n) is 11.1. The molecule has 1 aliphatic rings. The highest BCUT2D eigenvalue weighted by molar-refractivity contribution is 6.06. The molecule has 7 nitrogen and oxygen atoms in total. The number of hydrogen-bond donors (Lipinski definition) is 1. The molecule has 7 heteroatoms. The van der Waals surface area contributed by atoms with Gasteiger partial charge in [-0.05, 0) is 44.1 Å². The van der Waals surface area contributed by atoms with Gasteiger partial charge >= 0.3 is 0 Å². The van der Waals surface area contributed by atoms with Crippen molar-refractivity contribution in [1.82, 2.24) is 25.0 Å². The first-order valence-corrected chi connectivity index (χ1v) is 11.1. The number of hydrogen-bond acceptors (Lipinski definition) is 4. The van der Waals surface area contributed by atoms with Crippen molar-refractivity contribution in [2.45, 2.75) is 59.8 Å². The summed E-state index contributed by atoms with van der Waals surface area (Å²) in [5.41, 5.74) is 3.14. The minimum Gasteiger partial charge on any atom is -0.356 e. The Bertz CT molecular complexity index is 923. The van der Waals surface area contributed by atoms with Gasteiger partial charge in [0.25, 0.3) is 5.91 Å². The highest BCUT2D eigenvalue weighted by atomic mass is 16.2. The van der Waals surface area contributed by atoms with Crippen LogP contribution in [0.4, 0.5) is 0 Å². The number of carbonyl (C=O) groups is 2. The molecule has 1 aliphatic heterocycles. The van der Waals surface area contributed by atoms with Crippen LogP contribution in [0.25, 0.3) is 11.0 Å². The largest absolute Gasteiger partial charge is 0.356 e. The highest BCUT2D eigenvalue weighted by Crippen LogP contribution is 2.27. The van der Waals surface area contributed by atoms with Gasteiger partial charge in [-0.2, -0.15) is 5.10 Å². The normalized spacial score (nSPS) is 15.4. The van der Waals surface area contributed by atoms with Crippen molar-refractivity contribution in [2.75, 3.05) is 19.6 Å². The van der Waals surface area contributed by atoms with Crippen LogP contribution in [0.3, 0.4) is 0 Å². The number of nitrogens with one attached hydrogen (secondary N) is 1. The maximum absolute atomic E-state index is 13.4. The van der Waals surface area contributed by atoms with Gasteiger partial charge in [0.1, 0.15) is 0 Å². The van der Waals surface area contributed by atoms with E-state index in [9.17, 15) is 9.59 Å². The van der Waals surface area contributed by atoms with Crippen LogP contribution in [-0.4, -0.2) is 51.1 Å². The number of carbonyl (C=O) groups excluding carboxylic acids is 2. The van der Waals surface area contributed by atoms with E-state index in [0.29, 0.717) is 37.4 Å². The Morgan fingerprint density at radius 3 is 2.47 bits per heavy atom. The van der Waals surface area contributed by atoms with E-state index in [0.717, 1.165) is 35.4 Å². The van der Waals surface area contributed by atoms with Crippen LogP contribution in [0.1, 0.15) is 74.6 Å². The Labute approximate surface area is 179 Å². The summed E-state index contributed by atoms with van der Waals surface area (Å²) < 4.78 is 1.75. The highest BCUT2D eigenvalue weighted by Gasteiger charge is 2.29. The van der Waals surface area contributed by atoms with Gasteiger partial charge in [0.2, 0.25) is 5.91 Å². The molecule has 2 aromatic rings. The molecule has 0 aliphatic carbocycles. The fourth-order valence-electron chi connectivity index (χ4n) is 4.07. The molecule has 0 atom stereocenters. The van der Waals surface area contributed by atoms with Gasteiger partial charge in [0.15, 0.2) is 5.65 Å². The van der Waals surface area contributed by atoms with E-state index >= 15 is 0 Å². The number of likely N-dealkylation sites (tertiary alicyclic amines) is 1. The molecular formula is C23H35N5O2. The molecule has 30 heavy (non-hydrogen) atoms. The van der Waals surface area contributed by atoms with Crippen molar-refractivity contribution in [3.05, 3.63) is 23.0 Å². The Kier molecular flexibility index (Phi) is 6.78. The fourth-order valence-corrected chi connectivity index (χ4v) is 4.07. The summed E-state index contributed by atoms with van der Waals surface area (Å²) in [6.07, 6.45) is 2.40. The smallest absolute Gasteiger partial charge is 0.254 e. The molecule has 0 radical (unpaired) electrons. The summed E-state index contributed by atoms with van der Waals surface area (Å²) in [6, 6.07) is 1.93. The first-order chi connectivity index (χ1) is 14.2. The van der Waals surface area contributed by atoms with Gasteiger partial charge in [-0.25, -0.2) is 4.98 Å². The average Bonchev–Trinajstić information content (AvgIpc) is 3.00. The van der Waals surface area contributed by atoms with Gasteiger partial charge < -0.3 is 10.2 Å². The second-order valence-electron chi connectivity index (χ2n) is 9.20. The molecule has 1 fully saturated rings. The molecule has 3 rings (SSSR count). The molecule has 3 heterocycles. The Balaban J connectivity index is 1.74. The second kappa shape index (κ2) is 9.14. The summed E-state index contributed by atoms with van der Waals surface area (Å²) in [6.45, 7) is 12.3. The molecule has 0 aromatic carbocycles. The number of aromatic nitrogens is 3. The van der Waals surface area contributed by atoms with E-state index in [-0.39, 0.29) is 23.7 Å². The summed E-state index contributed by atoms with van der Waals surface area (Å²) in [7, 11) is 1.87. The summed E-state index contributed by atoms with van der Waals surface area (Å²) >= 11 is 0. The quantitative estimate of drug-likeness (QED) is 0.787. The number of nitrogens with zero attached hydrogens (tertiary/aromatic N) is 4. The topological polar surface area (TPSA) is 80.1 Å². The predicted octanol–water partition coefficient (Wildman–Crippen LogP) is 3.41. The van der Waals surface area contributed by atoms with Crippen molar-refractivity contribution < 1.29 is 9.59 Å². The number of amides is 2. The van der Waals surface area contributed by atoms with Crippen molar-refractivity contribution >= 4 is 22.8 Å². The average molecular weight is 414 g/mol. The lowest BCUT2D eigenvalue weighted by atomic mass is 9.94. The van der Waals surface area contributed by atoms with Crippen LogP contribution >= 0.6 is 0 Å². The van der Waals surface area contributed by atoms with Crippen LogP contribution in [0.15, 0.2) is 6.07 Å². The minimum absolute atomic E-state index is 0.00924. The van der Waals surface area contributed by atoms with E-state index in [1.165, 1.54) is 0 Å². The third-order valence-corrected chi connectivity index (χ3v) is 5.98. The summed E-state index contributed by atoms with van der Waals surface area (Å²) in [5.74, 6) is 0.924. The van der Waals surface area contributed by atoms with Gasteiger partial charge in [-0.1, -0.05) is 27.7 Å². The number of pyridine rings is 1. The van der Waals surface area contributed by atoms with Gasteiger partial charge in [-0.3, -0.25) is 14.3 Å². The monoisotopic (exact) mass is 413 g/mol. The Morgan fingerprint density at radius 1 is 1.20 bits per heavy atom. The zero-order chi connectivity index (χ0) is 22.0. The molecule has 0 spiro atoms. The van der Waals surface area contributed by atoms with E-state index < -0.39 is 0 Å². The number of piperidine rings is 1. The van der Waals surface area contributed by atoms with Crippen LogP contribution < -0.4 is 5.32 Å². The molecule has 2 aromatic heterocycles. The third kappa shape index (κ3) is 4.65. The Morgan fingerprint density at radius 2 is 1.87 bits per heavy atom. The lowest BCUT2D eigenvalue weighted by Gasteiger charge is -2.31. The number of aryl methyl sites for hydroxylation is 2. The van der Waals surface area contributed by atoms with Crippen LogP contribution in [0, 0.1) is 18.8 Å². The zero-order valence-electron chi connectivity index (χ0n) is 19.2. The lowest BCUT2D eigenvalue weighted by molar-refractivity contribution is -0.126. The standard InChI is InChI=1S/C23H35N5O2/c1-14(2)7-10-24-22(29)17-8-11-28(12-9-17)23(30)18-13-19(15(3)4)25-21-20(18)16(5)26-27(21)6/h13-15,17H,7-12H2,1-6H3,(H,24,29). The van der Waals surface area contributed by atoms with Crippen LogP contribution in [0.5, 0.6) is 0 Å². The minimum atomic E-state index is -0.00924.